The molecular formula is C13H14N4O4. The average Bonchev–Trinajstić information content (AvgIpc) is 3.20. The summed E-state index contributed by atoms with van der Waals surface area (Å²) in [6.07, 6.45) is 2.92. The number of piperazine rings is 1. The number of amides is 3. The first kappa shape index (κ1) is 13.2. The number of furan rings is 1. The molecule has 2 aromatic heterocycles. The van der Waals surface area contributed by atoms with E-state index in [0.717, 1.165) is 0 Å². The fraction of sp³-hybridized carbons (Fsp3) is 0.308. The maximum absolute atomic E-state index is 12.1. The van der Waals surface area contributed by atoms with Crippen molar-refractivity contribution in [3.8, 4) is 0 Å². The SMILES string of the molecule is O=C(Nc1ccno1)N1CCN(C(=O)c2ccco2)CC1. The van der Waals surface area contributed by atoms with Gasteiger partial charge in [0, 0.05) is 32.2 Å². The second-order valence-corrected chi connectivity index (χ2v) is 4.56. The Morgan fingerprint density at radius 2 is 1.90 bits per heavy atom. The first-order valence-electron chi connectivity index (χ1n) is 6.53. The largest absolute Gasteiger partial charge is 0.459 e. The monoisotopic (exact) mass is 290 g/mol. The molecule has 21 heavy (non-hydrogen) atoms. The molecule has 0 aromatic carbocycles. The van der Waals surface area contributed by atoms with Crippen molar-refractivity contribution in [2.75, 3.05) is 31.5 Å². The molecule has 0 saturated carbocycles. The van der Waals surface area contributed by atoms with Crippen LogP contribution >= 0.6 is 0 Å². The normalized spacial score (nSPS) is 15.0. The number of aromatic nitrogens is 1. The lowest BCUT2D eigenvalue weighted by molar-refractivity contribution is 0.0640. The Morgan fingerprint density at radius 3 is 2.52 bits per heavy atom. The summed E-state index contributed by atoms with van der Waals surface area (Å²) in [7, 11) is 0. The van der Waals surface area contributed by atoms with Crippen LogP contribution in [0.15, 0.2) is 39.6 Å². The van der Waals surface area contributed by atoms with E-state index in [0.29, 0.717) is 37.8 Å². The van der Waals surface area contributed by atoms with Gasteiger partial charge in [-0.15, -0.1) is 0 Å². The minimum Gasteiger partial charge on any atom is -0.459 e. The molecule has 8 heteroatoms. The van der Waals surface area contributed by atoms with Gasteiger partial charge < -0.3 is 18.7 Å². The maximum Gasteiger partial charge on any atom is 0.324 e. The zero-order valence-electron chi connectivity index (χ0n) is 11.2. The van der Waals surface area contributed by atoms with Crippen molar-refractivity contribution >= 4 is 17.8 Å². The standard InChI is InChI=1S/C13H14N4O4/c18-12(10-2-1-9-20-10)16-5-7-17(8-6-16)13(19)15-11-3-4-14-21-11/h1-4,9H,5-8H2,(H,15,19). The van der Waals surface area contributed by atoms with Crippen molar-refractivity contribution in [2.24, 2.45) is 0 Å². The highest BCUT2D eigenvalue weighted by molar-refractivity contribution is 5.92. The Balaban J connectivity index is 1.53. The van der Waals surface area contributed by atoms with Crippen molar-refractivity contribution in [3.05, 3.63) is 36.4 Å². The van der Waals surface area contributed by atoms with Gasteiger partial charge in [-0.05, 0) is 12.1 Å². The molecule has 3 heterocycles. The van der Waals surface area contributed by atoms with Gasteiger partial charge in [0.1, 0.15) is 0 Å². The predicted octanol–water partition coefficient (Wildman–Crippen LogP) is 1.26. The highest BCUT2D eigenvalue weighted by atomic mass is 16.5. The minimum absolute atomic E-state index is 0.157. The molecule has 0 spiro atoms. The zero-order chi connectivity index (χ0) is 14.7. The third-order valence-corrected chi connectivity index (χ3v) is 3.25. The summed E-state index contributed by atoms with van der Waals surface area (Å²) in [4.78, 5) is 27.3. The molecule has 1 N–H and O–H groups in total. The Morgan fingerprint density at radius 1 is 1.14 bits per heavy atom. The van der Waals surface area contributed by atoms with E-state index < -0.39 is 0 Å². The fourth-order valence-corrected chi connectivity index (χ4v) is 2.13. The van der Waals surface area contributed by atoms with Crippen LogP contribution in [0.4, 0.5) is 10.7 Å². The second kappa shape index (κ2) is 5.70. The molecule has 3 amide bonds. The number of hydrogen-bond acceptors (Lipinski definition) is 5. The molecule has 2 aromatic rings. The third-order valence-electron chi connectivity index (χ3n) is 3.25. The summed E-state index contributed by atoms with van der Waals surface area (Å²) in [5.41, 5.74) is 0. The summed E-state index contributed by atoms with van der Waals surface area (Å²) in [6.45, 7) is 1.82. The first-order valence-corrected chi connectivity index (χ1v) is 6.53. The number of hydrogen-bond donors (Lipinski definition) is 1. The van der Waals surface area contributed by atoms with Crippen LogP contribution in [-0.2, 0) is 0 Å². The van der Waals surface area contributed by atoms with E-state index in [4.69, 9.17) is 8.94 Å². The lowest BCUT2D eigenvalue weighted by Crippen LogP contribution is -2.51. The van der Waals surface area contributed by atoms with Gasteiger partial charge >= 0.3 is 6.03 Å². The predicted molar refractivity (Wildman–Crippen MR) is 71.7 cm³/mol. The maximum atomic E-state index is 12.1. The highest BCUT2D eigenvalue weighted by Gasteiger charge is 2.26. The fourth-order valence-electron chi connectivity index (χ4n) is 2.13. The van der Waals surface area contributed by atoms with Crippen LogP contribution in [0.25, 0.3) is 0 Å². The van der Waals surface area contributed by atoms with E-state index in [2.05, 4.69) is 10.5 Å². The summed E-state index contributed by atoms with van der Waals surface area (Å²) in [6, 6.07) is 4.60. The van der Waals surface area contributed by atoms with Gasteiger partial charge in [0.2, 0.25) is 5.88 Å². The Bertz CT molecular complexity index is 600. The molecular weight excluding hydrogens is 276 g/mol. The lowest BCUT2D eigenvalue weighted by atomic mass is 10.3. The molecule has 0 unspecified atom stereocenters. The summed E-state index contributed by atoms with van der Waals surface area (Å²) in [5.74, 6) is 0.457. The van der Waals surface area contributed by atoms with Gasteiger partial charge in [-0.25, -0.2) is 4.79 Å². The van der Waals surface area contributed by atoms with E-state index in [1.807, 2.05) is 0 Å². The Labute approximate surface area is 120 Å². The van der Waals surface area contributed by atoms with Crippen molar-refractivity contribution < 1.29 is 18.5 Å². The van der Waals surface area contributed by atoms with E-state index in [1.165, 1.54) is 12.5 Å². The van der Waals surface area contributed by atoms with Crippen LogP contribution in [0.1, 0.15) is 10.6 Å². The zero-order valence-corrected chi connectivity index (χ0v) is 11.2. The number of urea groups is 1. The van der Waals surface area contributed by atoms with Crippen LogP contribution in [-0.4, -0.2) is 53.1 Å². The topological polar surface area (TPSA) is 91.8 Å². The molecule has 1 aliphatic rings. The average molecular weight is 290 g/mol. The van der Waals surface area contributed by atoms with E-state index >= 15 is 0 Å². The molecule has 3 rings (SSSR count). The minimum atomic E-state index is -0.267. The first-order chi connectivity index (χ1) is 10.2. The number of nitrogens with one attached hydrogen (secondary N) is 1. The molecule has 0 bridgehead atoms. The Hall–Kier alpha value is -2.77. The molecule has 0 atom stereocenters. The molecule has 1 aliphatic heterocycles. The number of carbonyl (C=O) groups is 2. The van der Waals surface area contributed by atoms with Crippen LogP contribution in [0.3, 0.4) is 0 Å². The highest BCUT2D eigenvalue weighted by Crippen LogP contribution is 2.11. The van der Waals surface area contributed by atoms with Crippen LogP contribution < -0.4 is 5.32 Å². The van der Waals surface area contributed by atoms with Crippen LogP contribution in [0.2, 0.25) is 0 Å². The number of nitrogens with zero attached hydrogens (tertiary/aromatic N) is 3. The quantitative estimate of drug-likeness (QED) is 0.898. The van der Waals surface area contributed by atoms with E-state index in [-0.39, 0.29) is 11.9 Å². The molecule has 1 fully saturated rings. The van der Waals surface area contributed by atoms with Gasteiger partial charge in [0.15, 0.2) is 5.76 Å². The Kier molecular flexibility index (Phi) is 3.59. The summed E-state index contributed by atoms with van der Waals surface area (Å²) in [5, 5.41) is 6.11. The molecule has 1 saturated heterocycles. The summed E-state index contributed by atoms with van der Waals surface area (Å²) < 4.78 is 9.91. The smallest absolute Gasteiger partial charge is 0.324 e. The van der Waals surface area contributed by atoms with Crippen molar-refractivity contribution in [2.45, 2.75) is 0 Å². The molecule has 0 aliphatic carbocycles. The van der Waals surface area contributed by atoms with Gasteiger partial charge in [-0.3, -0.25) is 10.1 Å². The number of anilines is 1. The van der Waals surface area contributed by atoms with Gasteiger partial charge in [0.05, 0.1) is 12.5 Å². The second-order valence-electron chi connectivity index (χ2n) is 4.56. The van der Waals surface area contributed by atoms with Gasteiger partial charge in [-0.1, -0.05) is 5.16 Å². The number of carbonyl (C=O) groups excluding carboxylic acids is 2. The van der Waals surface area contributed by atoms with Crippen molar-refractivity contribution in [1.82, 2.24) is 15.0 Å². The third kappa shape index (κ3) is 2.88. The van der Waals surface area contributed by atoms with E-state index in [1.54, 1.807) is 28.0 Å². The van der Waals surface area contributed by atoms with Crippen LogP contribution in [0, 0.1) is 0 Å². The van der Waals surface area contributed by atoms with Crippen molar-refractivity contribution in [3.63, 3.8) is 0 Å². The lowest BCUT2D eigenvalue weighted by Gasteiger charge is -2.34. The molecule has 8 nitrogen and oxygen atoms in total. The van der Waals surface area contributed by atoms with Gasteiger partial charge in [0.25, 0.3) is 5.91 Å². The molecule has 0 radical (unpaired) electrons. The van der Waals surface area contributed by atoms with Crippen LogP contribution in [0.5, 0.6) is 0 Å². The number of rotatable bonds is 2. The summed E-state index contributed by atoms with van der Waals surface area (Å²) >= 11 is 0. The van der Waals surface area contributed by atoms with Gasteiger partial charge in [-0.2, -0.15) is 0 Å². The molecule has 110 valence electrons. The van der Waals surface area contributed by atoms with E-state index in [9.17, 15) is 9.59 Å². The van der Waals surface area contributed by atoms with Crippen molar-refractivity contribution in [1.29, 1.82) is 0 Å².